The van der Waals surface area contributed by atoms with Crippen molar-refractivity contribution in [3.05, 3.63) is 77.5 Å². The molecule has 4 rings (SSSR count). The fourth-order valence-corrected chi connectivity index (χ4v) is 3.72. The fourth-order valence-electron chi connectivity index (χ4n) is 3.72. The van der Waals surface area contributed by atoms with Gasteiger partial charge in [0.2, 0.25) is 5.95 Å². The summed E-state index contributed by atoms with van der Waals surface area (Å²) >= 11 is 0. The van der Waals surface area contributed by atoms with E-state index >= 15 is 0 Å². The number of nitrogens with one attached hydrogen (secondary N) is 1. The van der Waals surface area contributed by atoms with Gasteiger partial charge >= 0.3 is 0 Å². The lowest BCUT2D eigenvalue weighted by atomic mass is 9.78. The van der Waals surface area contributed by atoms with Crippen molar-refractivity contribution < 1.29 is 0 Å². The van der Waals surface area contributed by atoms with Crippen LogP contribution >= 0.6 is 0 Å². The van der Waals surface area contributed by atoms with E-state index in [1.165, 1.54) is 11.1 Å². The average molecular weight is 344 g/mol. The van der Waals surface area contributed by atoms with Crippen LogP contribution < -0.4 is 10.2 Å². The number of para-hydroxylation sites is 1. The maximum absolute atomic E-state index is 4.79. The Hall–Kier alpha value is -2.88. The minimum Gasteiger partial charge on any atom is -0.351 e. The summed E-state index contributed by atoms with van der Waals surface area (Å²) in [6.45, 7) is 8.43. The first-order chi connectivity index (χ1) is 12.5. The molecule has 4 nitrogen and oxygen atoms in total. The SMILES string of the molecule is Cc1cc(N2Cc3ccccc3C(C)(C)C2)nc(Nc2ccccc2)n1. The summed E-state index contributed by atoms with van der Waals surface area (Å²) in [7, 11) is 0. The molecule has 26 heavy (non-hydrogen) atoms. The van der Waals surface area contributed by atoms with Crippen molar-refractivity contribution in [2.24, 2.45) is 0 Å². The number of aryl methyl sites for hydroxylation is 1. The standard InChI is InChI=1S/C22H24N4/c1-16-13-20(25-21(23-16)24-18-10-5-4-6-11-18)26-14-17-9-7-8-12-19(17)22(2,3)15-26/h4-13H,14-15H2,1-3H3,(H,23,24,25). The third-order valence-corrected chi connectivity index (χ3v) is 4.89. The summed E-state index contributed by atoms with van der Waals surface area (Å²) in [5.74, 6) is 1.61. The molecule has 1 N–H and O–H groups in total. The second-order valence-electron chi connectivity index (χ2n) is 7.58. The van der Waals surface area contributed by atoms with Crippen LogP contribution in [0.5, 0.6) is 0 Å². The minimum absolute atomic E-state index is 0.0840. The van der Waals surface area contributed by atoms with Gasteiger partial charge in [-0.25, -0.2) is 4.98 Å². The maximum atomic E-state index is 4.79. The zero-order valence-corrected chi connectivity index (χ0v) is 15.5. The molecule has 0 unspecified atom stereocenters. The Kier molecular flexibility index (Phi) is 4.11. The second kappa shape index (κ2) is 6.45. The Bertz CT molecular complexity index is 918. The molecule has 0 saturated heterocycles. The van der Waals surface area contributed by atoms with Crippen molar-refractivity contribution in [2.45, 2.75) is 32.7 Å². The molecule has 1 aromatic heterocycles. The van der Waals surface area contributed by atoms with E-state index in [4.69, 9.17) is 4.98 Å². The van der Waals surface area contributed by atoms with Gasteiger partial charge in [-0.15, -0.1) is 0 Å². The highest BCUT2D eigenvalue weighted by atomic mass is 15.2. The van der Waals surface area contributed by atoms with Crippen molar-refractivity contribution in [1.82, 2.24) is 9.97 Å². The van der Waals surface area contributed by atoms with Crippen LogP contribution in [0.25, 0.3) is 0 Å². The quantitative estimate of drug-likeness (QED) is 0.739. The van der Waals surface area contributed by atoms with Crippen LogP contribution in [-0.4, -0.2) is 16.5 Å². The van der Waals surface area contributed by atoms with Crippen LogP contribution in [0.1, 0.15) is 30.7 Å². The Balaban J connectivity index is 1.66. The van der Waals surface area contributed by atoms with Gasteiger partial charge in [-0.1, -0.05) is 56.3 Å². The third-order valence-electron chi connectivity index (χ3n) is 4.89. The van der Waals surface area contributed by atoms with Gasteiger partial charge in [0.05, 0.1) is 0 Å². The maximum Gasteiger partial charge on any atom is 0.229 e. The molecule has 1 aliphatic heterocycles. The number of nitrogens with zero attached hydrogens (tertiary/aromatic N) is 3. The summed E-state index contributed by atoms with van der Waals surface area (Å²) in [5, 5.41) is 3.32. The zero-order chi connectivity index (χ0) is 18.1. The predicted molar refractivity (Wildman–Crippen MR) is 107 cm³/mol. The van der Waals surface area contributed by atoms with Crippen molar-refractivity contribution in [2.75, 3.05) is 16.8 Å². The fraction of sp³-hybridized carbons (Fsp3) is 0.273. The van der Waals surface area contributed by atoms with E-state index in [-0.39, 0.29) is 5.41 Å². The Morgan fingerprint density at radius 1 is 0.962 bits per heavy atom. The summed E-state index contributed by atoms with van der Waals surface area (Å²) in [6.07, 6.45) is 0. The Morgan fingerprint density at radius 3 is 2.50 bits per heavy atom. The van der Waals surface area contributed by atoms with Crippen LogP contribution in [0.3, 0.4) is 0 Å². The molecule has 0 atom stereocenters. The summed E-state index contributed by atoms with van der Waals surface area (Å²) in [4.78, 5) is 11.7. The molecule has 0 aliphatic carbocycles. The first-order valence-electron chi connectivity index (χ1n) is 9.02. The van der Waals surface area contributed by atoms with E-state index in [1.807, 2.05) is 37.3 Å². The average Bonchev–Trinajstić information content (AvgIpc) is 2.61. The van der Waals surface area contributed by atoms with E-state index in [0.29, 0.717) is 5.95 Å². The predicted octanol–water partition coefficient (Wildman–Crippen LogP) is 4.83. The lowest BCUT2D eigenvalue weighted by molar-refractivity contribution is 0.474. The molecule has 4 heteroatoms. The smallest absolute Gasteiger partial charge is 0.229 e. The number of aromatic nitrogens is 2. The van der Waals surface area contributed by atoms with Crippen LogP contribution in [0.4, 0.5) is 17.5 Å². The molecule has 2 heterocycles. The molecule has 0 amide bonds. The summed E-state index contributed by atoms with van der Waals surface area (Å²) in [6, 6.07) is 20.8. The van der Waals surface area contributed by atoms with E-state index in [1.54, 1.807) is 0 Å². The summed E-state index contributed by atoms with van der Waals surface area (Å²) in [5.41, 5.74) is 4.85. The molecular weight excluding hydrogens is 320 g/mol. The number of benzene rings is 2. The highest BCUT2D eigenvalue weighted by Gasteiger charge is 2.32. The first kappa shape index (κ1) is 16.6. The Morgan fingerprint density at radius 2 is 1.69 bits per heavy atom. The van der Waals surface area contributed by atoms with E-state index in [0.717, 1.165) is 30.3 Å². The van der Waals surface area contributed by atoms with Crippen LogP contribution in [-0.2, 0) is 12.0 Å². The van der Waals surface area contributed by atoms with Gasteiger partial charge < -0.3 is 10.2 Å². The monoisotopic (exact) mass is 344 g/mol. The van der Waals surface area contributed by atoms with Crippen LogP contribution in [0.2, 0.25) is 0 Å². The number of hydrogen-bond acceptors (Lipinski definition) is 4. The Labute approximate surface area is 154 Å². The molecule has 0 bridgehead atoms. The number of fused-ring (bicyclic) bond motifs is 1. The van der Waals surface area contributed by atoms with Crippen molar-refractivity contribution >= 4 is 17.5 Å². The first-order valence-corrected chi connectivity index (χ1v) is 9.02. The van der Waals surface area contributed by atoms with Crippen LogP contribution in [0.15, 0.2) is 60.7 Å². The van der Waals surface area contributed by atoms with Gasteiger partial charge in [0.1, 0.15) is 5.82 Å². The van der Waals surface area contributed by atoms with Gasteiger partial charge in [-0.3, -0.25) is 0 Å². The molecule has 0 saturated carbocycles. The molecule has 0 spiro atoms. The number of rotatable bonds is 3. The largest absolute Gasteiger partial charge is 0.351 e. The van der Waals surface area contributed by atoms with Crippen molar-refractivity contribution in [3.63, 3.8) is 0 Å². The molecule has 0 fully saturated rings. The van der Waals surface area contributed by atoms with E-state index in [9.17, 15) is 0 Å². The van der Waals surface area contributed by atoms with Crippen LogP contribution in [0, 0.1) is 6.92 Å². The van der Waals surface area contributed by atoms with E-state index < -0.39 is 0 Å². The molecule has 2 aromatic carbocycles. The molecule has 1 aliphatic rings. The van der Waals surface area contributed by atoms with Crippen molar-refractivity contribution in [3.8, 4) is 0 Å². The molecule has 0 radical (unpaired) electrons. The lowest BCUT2D eigenvalue weighted by Crippen LogP contribution is -2.42. The topological polar surface area (TPSA) is 41.1 Å². The van der Waals surface area contributed by atoms with Gasteiger partial charge in [-0.05, 0) is 30.2 Å². The molecular formula is C22H24N4. The lowest BCUT2D eigenvalue weighted by Gasteiger charge is -2.40. The van der Waals surface area contributed by atoms with Gasteiger partial charge in [0.25, 0.3) is 0 Å². The van der Waals surface area contributed by atoms with Gasteiger partial charge in [0.15, 0.2) is 0 Å². The van der Waals surface area contributed by atoms with Gasteiger partial charge in [-0.2, -0.15) is 4.98 Å². The van der Waals surface area contributed by atoms with E-state index in [2.05, 4.69) is 59.4 Å². The second-order valence-corrected chi connectivity index (χ2v) is 7.58. The highest BCUT2D eigenvalue weighted by Crippen LogP contribution is 2.35. The number of hydrogen-bond donors (Lipinski definition) is 1. The normalized spacial score (nSPS) is 15.4. The molecule has 132 valence electrons. The minimum atomic E-state index is 0.0840. The number of anilines is 3. The van der Waals surface area contributed by atoms with Crippen molar-refractivity contribution in [1.29, 1.82) is 0 Å². The molecule has 3 aromatic rings. The summed E-state index contributed by atoms with van der Waals surface area (Å²) < 4.78 is 0. The highest BCUT2D eigenvalue weighted by molar-refractivity contribution is 5.56. The van der Waals surface area contributed by atoms with Gasteiger partial charge in [0, 0.05) is 36.0 Å². The zero-order valence-electron chi connectivity index (χ0n) is 15.5. The third kappa shape index (κ3) is 3.27.